The highest BCUT2D eigenvalue weighted by Gasteiger charge is 2.44. The first kappa shape index (κ1) is 18.7. The van der Waals surface area contributed by atoms with Gasteiger partial charge in [0, 0.05) is 5.92 Å². The van der Waals surface area contributed by atoms with Crippen molar-refractivity contribution in [3.63, 3.8) is 0 Å². The van der Waals surface area contributed by atoms with Crippen molar-refractivity contribution < 1.29 is 19.4 Å². The zero-order chi connectivity index (χ0) is 17.8. The summed E-state index contributed by atoms with van der Waals surface area (Å²) in [6.45, 7) is 8.86. The van der Waals surface area contributed by atoms with E-state index in [9.17, 15) is 9.90 Å². The van der Waals surface area contributed by atoms with Crippen LogP contribution in [0.2, 0.25) is 19.6 Å². The molecule has 2 rings (SSSR count). The number of hydrogen-bond acceptors (Lipinski definition) is 4. The van der Waals surface area contributed by atoms with Crippen LogP contribution in [0.25, 0.3) is 0 Å². The van der Waals surface area contributed by atoms with Gasteiger partial charge < -0.3 is 19.4 Å². The fourth-order valence-corrected chi connectivity index (χ4v) is 3.50. The molecule has 0 bridgehead atoms. The van der Waals surface area contributed by atoms with Gasteiger partial charge in [-0.1, -0.05) is 50.0 Å². The Hall–Kier alpha value is -1.61. The Bertz CT molecular complexity index is 618. The number of ether oxygens (including phenoxy) is 2. The molecule has 0 aromatic heterocycles. The fraction of sp³-hybridized carbons (Fsp3) is 0.526. The van der Waals surface area contributed by atoms with Crippen LogP contribution in [-0.4, -0.2) is 33.0 Å². The van der Waals surface area contributed by atoms with E-state index in [-0.39, 0.29) is 0 Å². The maximum absolute atomic E-state index is 11.9. The number of carbonyl (C=O) groups excluding carboxylic acids is 1. The molecule has 1 fully saturated rings. The van der Waals surface area contributed by atoms with Crippen LogP contribution in [0.5, 0.6) is 0 Å². The average Bonchev–Trinajstić information content (AvgIpc) is 2.92. The van der Waals surface area contributed by atoms with Crippen molar-refractivity contribution in [2.45, 2.75) is 38.8 Å². The molecule has 130 valence electrons. The van der Waals surface area contributed by atoms with Crippen LogP contribution in [0, 0.1) is 23.3 Å². The first-order valence-electron chi connectivity index (χ1n) is 8.27. The molecule has 1 aliphatic rings. The summed E-state index contributed by atoms with van der Waals surface area (Å²) in [4.78, 5) is 11.9. The predicted molar refractivity (Wildman–Crippen MR) is 93.6 cm³/mol. The molecule has 2 unspecified atom stereocenters. The Morgan fingerprint density at radius 1 is 1.25 bits per heavy atom. The van der Waals surface area contributed by atoms with Crippen LogP contribution in [0.1, 0.15) is 12.5 Å². The normalized spacial score (nSPS) is 19.2. The molecule has 0 aliphatic carbocycles. The molecule has 0 N–H and O–H groups in total. The molecule has 5 heteroatoms. The van der Waals surface area contributed by atoms with Crippen LogP contribution in [0.4, 0.5) is 0 Å². The van der Waals surface area contributed by atoms with E-state index in [1.165, 1.54) is 0 Å². The summed E-state index contributed by atoms with van der Waals surface area (Å²) in [5.74, 6) is -0.506. The van der Waals surface area contributed by atoms with Crippen molar-refractivity contribution in [3.8, 4) is 11.5 Å². The smallest absolute Gasteiger partial charge is 0.174 e. The minimum Gasteiger partial charge on any atom is -0.550 e. The summed E-state index contributed by atoms with van der Waals surface area (Å²) in [5, 5.41) is 11.9. The number of carboxylic acids is 1. The van der Waals surface area contributed by atoms with Crippen molar-refractivity contribution in [2.24, 2.45) is 11.8 Å². The molecule has 1 saturated heterocycles. The molecule has 1 aromatic rings. The van der Waals surface area contributed by atoms with Crippen LogP contribution in [0.15, 0.2) is 30.3 Å². The maximum atomic E-state index is 11.9. The lowest BCUT2D eigenvalue weighted by molar-refractivity contribution is -0.327. The van der Waals surface area contributed by atoms with E-state index in [0.29, 0.717) is 19.6 Å². The highest BCUT2D eigenvalue weighted by Crippen LogP contribution is 2.34. The van der Waals surface area contributed by atoms with Crippen molar-refractivity contribution in [1.82, 2.24) is 0 Å². The van der Waals surface area contributed by atoms with Gasteiger partial charge >= 0.3 is 0 Å². The lowest BCUT2D eigenvalue weighted by atomic mass is 9.82. The van der Waals surface area contributed by atoms with Gasteiger partial charge in [0.2, 0.25) is 0 Å². The van der Waals surface area contributed by atoms with Crippen molar-refractivity contribution in [3.05, 3.63) is 35.9 Å². The minimum absolute atomic E-state index is 0.389. The second-order valence-electron chi connectivity index (χ2n) is 7.33. The van der Waals surface area contributed by atoms with Gasteiger partial charge in [-0.3, -0.25) is 0 Å². The Labute approximate surface area is 145 Å². The highest BCUT2D eigenvalue weighted by molar-refractivity contribution is 6.83. The number of hydrogen-bond donors (Lipinski definition) is 0. The van der Waals surface area contributed by atoms with Crippen LogP contribution < -0.4 is 5.11 Å². The van der Waals surface area contributed by atoms with Crippen molar-refractivity contribution >= 4 is 14.0 Å². The molecule has 0 spiro atoms. The first-order valence-corrected chi connectivity index (χ1v) is 11.8. The number of benzene rings is 1. The molecule has 4 nitrogen and oxygen atoms in total. The van der Waals surface area contributed by atoms with Crippen LogP contribution in [-0.2, 0) is 20.7 Å². The molecule has 0 amide bonds. The van der Waals surface area contributed by atoms with E-state index in [1.807, 2.05) is 30.3 Å². The standard InChI is InChI=1S/C19H26O4Si/c1-19(22-11-12-23-19)17(18(20)21)16(10-13-24(2,3)4)14-15-8-6-5-7-9-15/h5-9,16-17H,11-12,14H2,1-4H3,(H,20,21)/p-1. The van der Waals surface area contributed by atoms with Gasteiger partial charge in [0.15, 0.2) is 5.79 Å². The molecule has 2 atom stereocenters. The number of carbonyl (C=O) groups is 1. The summed E-state index contributed by atoms with van der Waals surface area (Å²) in [5.41, 5.74) is 4.35. The maximum Gasteiger partial charge on any atom is 0.174 e. The van der Waals surface area contributed by atoms with Gasteiger partial charge in [0.25, 0.3) is 0 Å². The third-order valence-corrected chi connectivity index (χ3v) is 4.91. The van der Waals surface area contributed by atoms with E-state index in [2.05, 4.69) is 31.1 Å². The molecule has 0 saturated carbocycles. The minimum atomic E-state index is -1.64. The topological polar surface area (TPSA) is 58.6 Å². The van der Waals surface area contributed by atoms with Gasteiger partial charge in [0.1, 0.15) is 8.07 Å². The van der Waals surface area contributed by atoms with Gasteiger partial charge in [0.05, 0.1) is 25.1 Å². The third-order valence-electron chi connectivity index (χ3n) is 4.01. The lowest BCUT2D eigenvalue weighted by Crippen LogP contribution is -2.51. The Kier molecular flexibility index (Phi) is 5.86. The molecule has 1 aliphatic heterocycles. The molecule has 24 heavy (non-hydrogen) atoms. The SMILES string of the molecule is CC1(C(C(=O)[O-])C(C#C[Si](C)(C)C)Cc2ccccc2)OCCO1. The Morgan fingerprint density at radius 2 is 1.83 bits per heavy atom. The highest BCUT2D eigenvalue weighted by atomic mass is 28.3. The summed E-state index contributed by atoms with van der Waals surface area (Å²) >= 11 is 0. The first-order chi connectivity index (χ1) is 11.2. The average molecular weight is 345 g/mol. The largest absolute Gasteiger partial charge is 0.550 e. The second kappa shape index (κ2) is 7.52. The number of carboxylic acid groups (broad SMARTS) is 1. The Morgan fingerprint density at radius 3 is 2.33 bits per heavy atom. The van der Waals surface area contributed by atoms with Crippen LogP contribution >= 0.6 is 0 Å². The quantitative estimate of drug-likeness (QED) is 0.604. The van der Waals surface area contributed by atoms with Gasteiger partial charge in [-0.2, -0.15) is 0 Å². The monoisotopic (exact) mass is 345 g/mol. The van der Waals surface area contributed by atoms with E-state index < -0.39 is 31.7 Å². The summed E-state index contributed by atoms with van der Waals surface area (Å²) in [7, 11) is -1.64. The molecular weight excluding hydrogens is 320 g/mol. The van der Waals surface area contributed by atoms with Gasteiger partial charge in [-0.25, -0.2) is 0 Å². The fourth-order valence-electron chi connectivity index (χ4n) is 2.88. The predicted octanol–water partition coefficient (Wildman–Crippen LogP) is 1.86. The van der Waals surface area contributed by atoms with Gasteiger partial charge in [-0.15, -0.1) is 11.5 Å². The summed E-state index contributed by atoms with van der Waals surface area (Å²) < 4.78 is 11.2. The third kappa shape index (κ3) is 4.94. The zero-order valence-electron chi connectivity index (χ0n) is 14.8. The lowest BCUT2D eigenvalue weighted by Gasteiger charge is -2.36. The van der Waals surface area contributed by atoms with E-state index in [1.54, 1.807) is 6.92 Å². The molecular formula is C19H25O4Si-. The second-order valence-corrected chi connectivity index (χ2v) is 12.1. The Balaban J connectivity index is 2.37. The van der Waals surface area contributed by atoms with Crippen molar-refractivity contribution in [2.75, 3.05) is 13.2 Å². The van der Waals surface area contributed by atoms with E-state index >= 15 is 0 Å². The van der Waals surface area contributed by atoms with E-state index in [4.69, 9.17) is 9.47 Å². The van der Waals surface area contributed by atoms with Gasteiger partial charge in [-0.05, 0) is 18.9 Å². The van der Waals surface area contributed by atoms with E-state index in [0.717, 1.165) is 5.56 Å². The number of aliphatic carboxylic acids is 1. The zero-order valence-corrected chi connectivity index (χ0v) is 15.8. The summed E-state index contributed by atoms with van der Waals surface area (Å²) in [6.07, 6.45) is 0.527. The number of rotatable bonds is 5. The summed E-state index contributed by atoms with van der Waals surface area (Å²) in [6, 6.07) is 9.78. The van der Waals surface area contributed by atoms with Crippen molar-refractivity contribution in [1.29, 1.82) is 0 Å². The molecule has 0 radical (unpaired) electrons. The molecule has 1 heterocycles. The molecule has 1 aromatic carbocycles. The van der Waals surface area contributed by atoms with Crippen LogP contribution in [0.3, 0.4) is 0 Å².